The van der Waals surface area contributed by atoms with Crippen LogP contribution in [0.5, 0.6) is 0 Å². The summed E-state index contributed by atoms with van der Waals surface area (Å²) in [4.78, 5) is 35.7. The van der Waals surface area contributed by atoms with E-state index in [1.165, 1.54) is 12.1 Å². The molecule has 0 saturated carbocycles. The Bertz CT molecular complexity index is 808. The maximum Gasteiger partial charge on any atom is 0.307 e. The van der Waals surface area contributed by atoms with E-state index in [1.807, 2.05) is 0 Å². The standard InChI is InChI=1S/C16H9ClO4/c17-13-7-12-11(5-8(13)6-14(18)19)15(20)9-3-1-2-4-10(9)16(12)21/h1-5,7H,6H2,(H,18,19). The molecule has 0 bridgehead atoms. The summed E-state index contributed by atoms with van der Waals surface area (Å²) in [6, 6.07) is 9.34. The Morgan fingerprint density at radius 2 is 1.48 bits per heavy atom. The van der Waals surface area contributed by atoms with E-state index in [0.29, 0.717) is 16.7 Å². The van der Waals surface area contributed by atoms with Gasteiger partial charge in [0.1, 0.15) is 0 Å². The molecule has 0 aromatic heterocycles. The molecule has 0 heterocycles. The van der Waals surface area contributed by atoms with Gasteiger partial charge in [0, 0.05) is 27.3 Å². The summed E-state index contributed by atoms with van der Waals surface area (Å²) < 4.78 is 0. The van der Waals surface area contributed by atoms with Gasteiger partial charge in [-0.2, -0.15) is 0 Å². The molecule has 5 heteroatoms. The zero-order valence-corrected chi connectivity index (χ0v) is 11.5. The quantitative estimate of drug-likeness (QED) is 0.790. The Labute approximate surface area is 125 Å². The van der Waals surface area contributed by atoms with Crippen LogP contribution in [0.15, 0.2) is 36.4 Å². The Morgan fingerprint density at radius 3 is 2.00 bits per heavy atom. The number of carboxylic acids is 1. The fourth-order valence-corrected chi connectivity index (χ4v) is 2.69. The molecular formula is C16H9ClO4. The molecule has 0 amide bonds. The fraction of sp³-hybridized carbons (Fsp3) is 0.0625. The van der Waals surface area contributed by atoms with Crippen LogP contribution in [0.4, 0.5) is 0 Å². The number of hydrogen-bond acceptors (Lipinski definition) is 3. The van der Waals surface area contributed by atoms with Crippen molar-refractivity contribution >= 4 is 29.1 Å². The van der Waals surface area contributed by atoms with Crippen LogP contribution in [0.2, 0.25) is 5.02 Å². The van der Waals surface area contributed by atoms with Crippen molar-refractivity contribution in [1.82, 2.24) is 0 Å². The normalized spacial score (nSPS) is 12.8. The van der Waals surface area contributed by atoms with Gasteiger partial charge < -0.3 is 5.11 Å². The molecule has 1 aliphatic rings. The van der Waals surface area contributed by atoms with Crippen molar-refractivity contribution < 1.29 is 19.5 Å². The maximum atomic E-state index is 12.5. The Morgan fingerprint density at radius 1 is 0.952 bits per heavy atom. The number of benzene rings is 2. The van der Waals surface area contributed by atoms with E-state index in [9.17, 15) is 14.4 Å². The van der Waals surface area contributed by atoms with Gasteiger partial charge >= 0.3 is 5.97 Å². The van der Waals surface area contributed by atoms with Crippen molar-refractivity contribution in [2.24, 2.45) is 0 Å². The summed E-state index contributed by atoms with van der Waals surface area (Å²) in [5.41, 5.74) is 1.43. The van der Waals surface area contributed by atoms with E-state index < -0.39 is 5.97 Å². The molecule has 1 aliphatic carbocycles. The molecule has 0 radical (unpaired) electrons. The highest BCUT2D eigenvalue weighted by atomic mass is 35.5. The summed E-state index contributed by atoms with van der Waals surface area (Å²) in [5.74, 6) is -1.61. The molecular weight excluding hydrogens is 292 g/mol. The van der Waals surface area contributed by atoms with Crippen molar-refractivity contribution in [2.45, 2.75) is 6.42 Å². The highest BCUT2D eigenvalue weighted by Gasteiger charge is 2.30. The number of carbonyl (C=O) groups excluding carboxylic acids is 2. The molecule has 0 spiro atoms. The minimum Gasteiger partial charge on any atom is -0.481 e. The highest BCUT2D eigenvalue weighted by Crippen LogP contribution is 2.31. The second kappa shape index (κ2) is 4.82. The molecule has 0 fully saturated rings. The molecule has 21 heavy (non-hydrogen) atoms. The van der Waals surface area contributed by atoms with Gasteiger partial charge in [0.15, 0.2) is 11.6 Å². The predicted octanol–water partition coefficient (Wildman–Crippen LogP) is 2.74. The van der Waals surface area contributed by atoms with Crippen molar-refractivity contribution in [3.8, 4) is 0 Å². The Hall–Kier alpha value is -2.46. The molecule has 104 valence electrons. The monoisotopic (exact) mass is 300 g/mol. The van der Waals surface area contributed by atoms with Gasteiger partial charge in [0.2, 0.25) is 0 Å². The fourth-order valence-electron chi connectivity index (χ4n) is 2.46. The first-order valence-electron chi connectivity index (χ1n) is 6.21. The molecule has 4 nitrogen and oxygen atoms in total. The van der Waals surface area contributed by atoms with Crippen molar-refractivity contribution in [1.29, 1.82) is 0 Å². The third kappa shape index (κ3) is 2.14. The zero-order chi connectivity index (χ0) is 15.1. The van der Waals surface area contributed by atoms with Crippen molar-refractivity contribution in [2.75, 3.05) is 0 Å². The smallest absolute Gasteiger partial charge is 0.307 e. The topological polar surface area (TPSA) is 71.4 Å². The van der Waals surface area contributed by atoms with E-state index >= 15 is 0 Å². The molecule has 0 unspecified atom stereocenters. The molecule has 0 saturated heterocycles. The highest BCUT2D eigenvalue weighted by molar-refractivity contribution is 6.34. The number of carboxylic acid groups (broad SMARTS) is 1. The van der Waals surface area contributed by atoms with Crippen LogP contribution >= 0.6 is 11.6 Å². The summed E-state index contributed by atoms with van der Waals surface area (Å²) in [6.07, 6.45) is -0.296. The van der Waals surface area contributed by atoms with Crippen LogP contribution < -0.4 is 0 Å². The van der Waals surface area contributed by atoms with Gasteiger partial charge in [-0.3, -0.25) is 14.4 Å². The van der Waals surface area contributed by atoms with Gasteiger partial charge in [-0.25, -0.2) is 0 Å². The van der Waals surface area contributed by atoms with Gasteiger partial charge in [-0.1, -0.05) is 35.9 Å². The summed E-state index contributed by atoms with van der Waals surface area (Å²) in [6.45, 7) is 0. The van der Waals surface area contributed by atoms with Crippen LogP contribution in [0.1, 0.15) is 37.4 Å². The average molecular weight is 301 g/mol. The number of fused-ring (bicyclic) bond motifs is 2. The minimum absolute atomic E-state index is 0.177. The lowest BCUT2D eigenvalue weighted by atomic mass is 9.83. The van der Waals surface area contributed by atoms with E-state index in [4.69, 9.17) is 16.7 Å². The van der Waals surface area contributed by atoms with Gasteiger partial charge in [-0.05, 0) is 17.7 Å². The van der Waals surface area contributed by atoms with E-state index in [-0.39, 0.29) is 34.1 Å². The number of halogens is 1. The maximum absolute atomic E-state index is 12.5. The number of aliphatic carboxylic acids is 1. The molecule has 0 atom stereocenters. The van der Waals surface area contributed by atoms with Crippen LogP contribution in [-0.4, -0.2) is 22.6 Å². The second-order valence-corrected chi connectivity index (χ2v) is 5.17. The first-order chi connectivity index (χ1) is 9.99. The van der Waals surface area contributed by atoms with Crippen LogP contribution in [0, 0.1) is 0 Å². The SMILES string of the molecule is O=C(O)Cc1cc2c(cc1Cl)C(=O)c1ccccc1C2=O. The van der Waals surface area contributed by atoms with E-state index in [2.05, 4.69) is 0 Å². The summed E-state index contributed by atoms with van der Waals surface area (Å²) >= 11 is 6.02. The number of ketones is 2. The third-order valence-electron chi connectivity index (χ3n) is 3.43. The third-order valence-corrected chi connectivity index (χ3v) is 3.79. The van der Waals surface area contributed by atoms with E-state index in [0.717, 1.165) is 0 Å². The van der Waals surface area contributed by atoms with Crippen LogP contribution in [-0.2, 0) is 11.2 Å². The van der Waals surface area contributed by atoms with Crippen molar-refractivity contribution in [3.05, 3.63) is 69.2 Å². The number of rotatable bonds is 2. The molecule has 1 N–H and O–H groups in total. The second-order valence-electron chi connectivity index (χ2n) is 4.76. The molecule has 2 aromatic carbocycles. The van der Waals surface area contributed by atoms with Gasteiger partial charge in [0.25, 0.3) is 0 Å². The first-order valence-corrected chi connectivity index (χ1v) is 6.59. The summed E-state index contributed by atoms with van der Waals surface area (Å²) in [7, 11) is 0. The van der Waals surface area contributed by atoms with E-state index in [1.54, 1.807) is 24.3 Å². The Kier molecular flexibility index (Phi) is 3.11. The molecule has 0 aliphatic heterocycles. The molecule has 2 aromatic rings. The largest absolute Gasteiger partial charge is 0.481 e. The van der Waals surface area contributed by atoms with Gasteiger partial charge in [-0.15, -0.1) is 0 Å². The lowest BCUT2D eigenvalue weighted by Crippen LogP contribution is -2.21. The lowest BCUT2D eigenvalue weighted by Gasteiger charge is -2.18. The Balaban J connectivity index is 2.21. The predicted molar refractivity (Wildman–Crippen MR) is 76.1 cm³/mol. The minimum atomic E-state index is -1.05. The van der Waals surface area contributed by atoms with Crippen LogP contribution in [0.25, 0.3) is 0 Å². The van der Waals surface area contributed by atoms with Gasteiger partial charge in [0.05, 0.1) is 6.42 Å². The lowest BCUT2D eigenvalue weighted by molar-refractivity contribution is -0.136. The number of hydrogen-bond donors (Lipinski definition) is 1. The average Bonchev–Trinajstić information content (AvgIpc) is 2.46. The van der Waals surface area contributed by atoms with Crippen molar-refractivity contribution in [3.63, 3.8) is 0 Å². The zero-order valence-electron chi connectivity index (χ0n) is 10.7. The summed E-state index contributed by atoms with van der Waals surface area (Å²) in [5, 5.41) is 9.04. The molecule has 3 rings (SSSR count). The van der Waals surface area contributed by atoms with Crippen LogP contribution in [0.3, 0.4) is 0 Å². The first kappa shape index (κ1) is 13.5. The number of carbonyl (C=O) groups is 3.